The van der Waals surface area contributed by atoms with Crippen LogP contribution < -0.4 is 20.7 Å². The summed E-state index contributed by atoms with van der Waals surface area (Å²) in [5.74, 6) is 3.73. The van der Waals surface area contributed by atoms with Crippen LogP contribution in [0.4, 0.5) is 27.6 Å². The molecule has 1 rings (SSSR count). The Morgan fingerprint density at radius 2 is 1.88 bits per heavy atom. The average Bonchev–Trinajstić information content (AvgIpc) is 2.14. The van der Waals surface area contributed by atoms with Gasteiger partial charge in [-0.1, -0.05) is 0 Å². The summed E-state index contributed by atoms with van der Waals surface area (Å²) in [5, 5.41) is 0. The fourth-order valence-corrected chi connectivity index (χ4v) is 1.01. The number of alkyl halides is 5. The maximum Gasteiger partial charge on any atom is 0.573 e. The number of nitrogen functional groups attached to an aromatic ring is 1. The molecule has 0 spiro atoms. The van der Waals surface area contributed by atoms with E-state index in [4.69, 9.17) is 5.84 Å². The number of hydrogen-bond acceptors (Lipinski definition) is 4. The van der Waals surface area contributed by atoms with Gasteiger partial charge in [-0.3, -0.25) is 5.84 Å². The van der Waals surface area contributed by atoms with Crippen LogP contribution >= 0.6 is 0 Å². The van der Waals surface area contributed by atoms with Crippen molar-refractivity contribution in [1.29, 1.82) is 0 Å². The van der Waals surface area contributed by atoms with Crippen LogP contribution in [0.5, 0.6) is 11.5 Å². The van der Waals surface area contributed by atoms with E-state index in [1.165, 1.54) is 0 Å². The van der Waals surface area contributed by atoms with E-state index in [1.54, 1.807) is 0 Å². The van der Waals surface area contributed by atoms with E-state index in [0.717, 1.165) is 12.1 Å². The quantitative estimate of drug-likeness (QED) is 0.495. The predicted molar refractivity (Wildman–Crippen MR) is 47.6 cm³/mol. The second kappa shape index (κ2) is 5.04. The van der Waals surface area contributed by atoms with Gasteiger partial charge in [-0.2, -0.15) is 8.78 Å². The molecule has 9 heteroatoms. The standard InChI is InChI=1S/C8H7F5N2O2/c9-7(10)16-6-3-4(17-8(11,12)13)1-2-5(6)15-14/h1-3,7,15H,14H2. The van der Waals surface area contributed by atoms with E-state index >= 15 is 0 Å². The monoisotopic (exact) mass is 258 g/mol. The zero-order valence-corrected chi connectivity index (χ0v) is 8.09. The Kier molecular flexibility index (Phi) is 3.94. The molecule has 0 aliphatic heterocycles. The van der Waals surface area contributed by atoms with Crippen LogP contribution in [0, 0.1) is 0 Å². The Hall–Kier alpha value is -1.77. The molecule has 0 aromatic heterocycles. The Bertz CT molecular complexity index is 383. The molecule has 4 nitrogen and oxygen atoms in total. The van der Waals surface area contributed by atoms with E-state index in [9.17, 15) is 22.0 Å². The van der Waals surface area contributed by atoms with Crippen molar-refractivity contribution in [3.05, 3.63) is 18.2 Å². The van der Waals surface area contributed by atoms with Gasteiger partial charge in [0.1, 0.15) is 5.75 Å². The number of hydrogen-bond donors (Lipinski definition) is 2. The molecule has 0 amide bonds. The Morgan fingerprint density at radius 1 is 1.24 bits per heavy atom. The van der Waals surface area contributed by atoms with Crippen molar-refractivity contribution >= 4 is 5.69 Å². The molecule has 0 aliphatic rings. The molecule has 0 atom stereocenters. The molecule has 0 saturated carbocycles. The number of ether oxygens (including phenoxy) is 2. The van der Waals surface area contributed by atoms with Crippen LogP contribution in [0.25, 0.3) is 0 Å². The van der Waals surface area contributed by atoms with Gasteiger partial charge in [0.25, 0.3) is 0 Å². The number of rotatable bonds is 4. The van der Waals surface area contributed by atoms with Gasteiger partial charge in [-0.15, -0.1) is 13.2 Å². The van der Waals surface area contributed by atoms with Crippen LogP contribution in [-0.4, -0.2) is 13.0 Å². The van der Waals surface area contributed by atoms with Crippen molar-refractivity contribution in [2.24, 2.45) is 5.84 Å². The lowest BCUT2D eigenvalue weighted by atomic mass is 10.3. The highest BCUT2D eigenvalue weighted by Gasteiger charge is 2.31. The zero-order valence-electron chi connectivity index (χ0n) is 8.09. The van der Waals surface area contributed by atoms with E-state index in [1.807, 2.05) is 5.43 Å². The lowest BCUT2D eigenvalue weighted by Gasteiger charge is -2.13. The van der Waals surface area contributed by atoms with Crippen LogP contribution in [0.1, 0.15) is 0 Å². The highest BCUT2D eigenvalue weighted by Crippen LogP contribution is 2.32. The second-order valence-corrected chi connectivity index (χ2v) is 2.73. The minimum atomic E-state index is -4.92. The molecule has 0 aliphatic carbocycles. The molecule has 3 N–H and O–H groups in total. The van der Waals surface area contributed by atoms with Crippen molar-refractivity contribution in [1.82, 2.24) is 0 Å². The van der Waals surface area contributed by atoms with Crippen LogP contribution in [0.3, 0.4) is 0 Å². The molecule has 1 aromatic carbocycles. The first kappa shape index (κ1) is 13.3. The van der Waals surface area contributed by atoms with Crippen molar-refractivity contribution in [2.75, 3.05) is 5.43 Å². The summed E-state index contributed by atoms with van der Waals surface area (Å²) >= 11 is 0. The first-order valence-corrected chi connectivity index (χ1v) is 4.13. The average molecular weight is 258 g/mol. The minimum Gasteiger partial charge on any atom is -0.432 e. The van der Waals surface area contributed by atoms with Crippen molar-refractivity contribution in [2.45, 2.75) is 13.0 Å². The van der Waals surface area contributed by atoms with Gasteiger partial charge in [0.15, 0.2) is 5.75 Å². The molecule has 0 bridgehead atoms. The van der Waals surface area contributed by atoms with Gasteiger partial charge in [-0.05, 0) is 12.1 Å². The highest BCUT2D eigenvalue weighted by molar-refractivity contribution is 5.58. The molecule has 1 aromatic rings. The van der Waals surface area contributed by atoms with Crippen molar-refractivity contribution in [3.63, 3.8) is 0 Å². The lowest BCUT2D eigenvalue weighted by molar-refractivity contribution is -0.274. The number of benzene rings is 1. The van der Waals surface area contributed by atoms with Crippen LogP contribution in [0.15, 0.2) is 18.2 Å². The van der Waals surface area contributed by atoms with Gasteiger partial charge >= 0.3 is 13.0 Å². The smallest absolute Gasteiger partial charge is 0.432 e. The van der Waals surface area contributed by atoms with Crippen molar-refractivity contribution in [3.8, 4) is 11.5 Å². The molecule has 17 heavy (non-hydrogen) atoms. The van der Waals surface area contributed by atoms with Gasteiger partial charge in [0.05, 0.1) is 5.69 Å². The van der Waals surface area contributed by atoms with E-state index in [-0.39, 0.29) is 5.69 Å². The van der Waals surface area contributed by atoms with Crippen LogP contribution in [0.2, 0.25) is 0 Å². The third-order valence-electron chi connectivity index (χ3n) is 1.56. The maximum atomic E-state index is 12.0. The summed E-state index contributed by atoms with van der Waals surface area (Å²) in [5.41, 5.74) is 1.90. The summed E-state index contributed by atoms with van der Waals surface area (Å²) in [4.78, 5) is 0. The summed E-state index contributed by atoms with van der Waals surface area (Å²) in [7, 11) is 0. The third-order valence-corrected chi connectivity index (χ3v) is 1.56. The number of nitrogens with two attached hydrogens (primary N) is 1. The number of halogens is 5. The van der Waals surface area contributed by atoms with E-state index in [0.29, 0.717) is 6.07 Å². The Labute approximate surface area is 92.1 Å². The third kappa shape index (κ3) is 4.31. The molecule has 0 fully saturated rings. The molecular formula is C8H7F5N2O2. The lowest BCUT2D eigenvalue weighted by Crippen LogP contribution is -2.17. The summed E-state index contributed by atoms with van der Waals surface area (Å²) in [6, 6.07) is 2.56. The molecule has 0 saturated heterocycles. The first-order valence-electron chi connectivity index (χ1n) is 4.13. The summed E-state index contributed by atoms with van der Waals surface area (Å²) in [6.07, 6.45) is -4.92. The first-order chi connectivity index (χ1) is 7.81. The fourth-order valence-electron chi connectivity index (χ4n) is 1.01. The second-order valence-electron chi connectivity index (χ2n) is 2.73. The summed E-state index contributed by atoms with van der Waals surface area (Å²) in [6.45, 7) is -3.19. The molecule has 0 heterocycles. The summed E-state index contributed by atoms with van der Waals surface area (Å²) < 4.78 is 67.0. The normalized spacial score (nSPS) is 11.5. The molecule has 0 unspecified atom stereocenters. The molecular weight excluding hydrogens is 251 g/mol. The number of hydrazine groups is 1. The minimum absolute atomic E-state index is 0.0974. The predicted octanol–water partition coefficient (Wildman–Crippen LogP) is 2.47. The highest BCUT2D eigenvalue weighted by atomic mass is 19.4. The van der Waals surface area contributed by atoms with E-state index < -0.39 is 24.5 Å². The fraction of sp³-hybridized carbons (Fsp3) is 0.250. The van der Waals surface area contributed by atoms with E-state index in [2.05, 4.69) is 9.47 Å². The van der Waals surface area contributed by atoms with Gasteiger partial charge in [-0.25, -0.2) is 0 Å². The van der Waals surface area contributed by atoms with Gasteiger partial charge < -0.3 is 14.9 Å². The number of anilines is 1. The SMILES string of the molecule is NNc1ccc(OC(F)(F)F)cc1OC(F)F. The molecule has 96 valence electrons. The largest absolute Gasteiger partial charge is 0.573 e. The Morgan fingerprint density at radius 3 is 2.35 bits per heavy atom. The Balaban J connectivity index is 2.96. The van der Waals surface area contributed by atoms with Gasteiger partial charge in [0.2, 0.25) is 0 Å². The zero-order chi connectivity index (χ0) is 13.1. The van der Waals surface area contributed by atoms with Crippen molar-refractivity contribution < 1.29 is 31.4 Å². The van der Waals surface area contributed by atoms with Crippen LogP contribution in [-0.2, 0) is 0 Å². The molecule has 0 radical (unpaired) electrons. The topological polar surface area (TPSA) is 56.5 Å². The maximum absolute atomic E-state index is 12.0. The van der Waals surface area contributed by atoms with Gasteiger partial charge in [0, 0.05) is 6.07 Å². The number of nitrogens with one attached hydrogen (secondary N) is 1.